The van der Waals surface area contributed by atoms with Gasteiger partial charge in [-0.15, -0.1) is 11.3 Å². The smallest absolute Gasteiger partial charge is 0.264 e. The van der Waals surface area contributed by atoms with Crippen LogP contribution in [0.2, 0.25) is 0 Å². The van der Waals surface area contributed by atoms with Crippen molar-refractivity contribution >= 4 is 33.4 Å². The van der Waals surface area contributed by atoms with Crippen molar-refractivity contribution in [2.45, 2.75) is 39.5 Å². The number of amides is 2. The van der Waals surface area contributed by atoms with Gasteiger partial charge in [0.25, 0.3) is 5.91 Å². The van der Waals surface area contributed by atoms with Crippen LogP contribution in [-0.4, -0.2) is 57.6 Å². The van der Waals surface area contributed by atoms with E-state index in [1.807, 2.05) is 52.9 Å². The molecule has 4 heterocycles. The number of carbonyl (C=O) groups excluding carboxylic acids is 2. The van der Waals surface area contributed by atoms with E-state index in [1.165, 1.54) is 17.8 Å². The number of rotatable bonds is 3. The third-order valence-corrected chi connectivity index (χ3v) is 7.95. The standard InChI is InChI=1S/C25H30N4O2S/c1-17-7-6-12-28(16-17)23(30)19-10-13-27(14-11-19)24(31)22-15-21-18(2)26-29(25(21)32-22)20-8-4-3-5-9-20/h3-5,8-9,15,17,19H,6-7,10-14,16H2,1-2H3. The molecule has 1 aromatic carbocycles. The van der Waals surface area contributed by atoms with Crippen LogP contribution in [0.5, 0.6) is 0 Å². The molecule has 0 aliphatic carbocycles. The van der Waals surface area contributed by atoms with Crippen molar-refractivity contribution in [1.82, 2.24) is 19.6 Å². The van der Waals surface area contributed by atoms with Gasteiger partial charge in [0.05, 0.1) is 16.3 Å². The molecule has 0 radical (unpaired) electrons. The van der Waals surface area contributed by atoms with Gasteiger partial charge >= 0.3 is 0 Å². The first kappa shape index (κ1) is 21.2. The van der Waals surface area contributed by atoms with Crippen molar-refractivity contribution in [1.29, 1.82) is 0 Å². The van der Waals surface area contributed by atoms with E-state index >= 15 is 0 Å². The maximum absolute atomic E-state index is 13.3. The molecule has 2 fully saturated rings. The number of piperidine rings is 2. The molecule has 168 valence electrons. The Balaban J connectivity index is 1.28. The quantitative estimate of drug-likeness (QED) is 0.590. The molecule has 2 aromatic heterocycles. The lowest BCUT2D eigenvalue weighted by molar-refractivity contribution is -0.138. The predicted molar refractivity (Wildman–Crippen MR) is 127 cm³/mol. The summed E-state index contributed by atoms with van der Waals surface area (Å²) in [6.45, 7) is 7.29. The molecule has 5 rings (SSSR count). The summed E-state index contributed by atoms with van der Waals surface area (Å²) in [5.74, 6) is 1.02. The number of hydrogen-bond acceptors (Lipinski definition) is 4. The molecule has 0 spiro atoms. The fraction of sp³-hybridized carbons (Fsp3) is 0.480. The Kier molecular flexibility index (Phi) is 5.76. The molecule has 2 saturated heterocycles. The van der Waals surface area contributed by atoms with Crippen molar-refractivity contribution in [2.24, 2.45) is 11.8 Å². The van der Waals surface area contributed by atoms with Crippen LogP contribution in [0.25, 0.3) is 15.9 Å². The molecule has 2 aliphatic heterocycles. The fourth-order valence-electron chi connectivity index (χ4n) is 5.03. The number of benzene rings is 1. The van der Waals surface area contributed by atoms with Crippen LogP contribution in [0.4, 0.5) is 0 Å². The van der Waals surface area contributed by atoms with E-state index in [-0.39, 0.29) is 11.8 Å². The van der Waals surface area contributed by atoms with Gasteiger partial charge in [0.1, 0.15) is 4.83 Å². The number of carbonyl (C=O) groups is 2. The Labute approximate surface area is 192 Å². The maximum atomic E-state index is 13.3. The zero-order valence-corrected chi connectivity index (χ0v) is 19.6. The molecule has 0 saturated carbocycles. The van der Waals surface area contributed by atoms with Crippen LogP contribution in [0, 0.1) is 18.8 Å². The van der Waals surface area contributed by atoms with Gasteiger partial charge < -0.3 is 9.80 Å². The van der Waals surface area contributed by atoms with Gasteiger partial charge in [0, 0.05) is 37.5 Å². The first-order valence-corrected chi connectivity index (χ1v) is 12.5. The number of likely N-dealkylation sites (tertiary alicyclic amines) is 2. The van der Waals surface area contributed by atoms with Crippen molar-refractivity contribution in [2.75, 3.05) is 26.2 Å². The summed E-state index contributed by atoms with van der Waals surface area (Å²) in [6, 6.07) is 12.0. The van der Waals surface area contributed by atoms with E-state index in [9.17, 15) is 9.59 Å². The zero-order valence-electron chi connectivity index (χ0n) is 18.8. The largest absolute Gasteiger partial charge is 0.342 e. The van der Waals surface area contributed by atoms with Gasteiger partial charge in [-0.25, -0.2) is 4.68 Å². The Bertz CT molecular complexity index is 1130. The molecule has 0 bridgehead atoms. The minimum atomic E-state index is 0.0561. The van der Waals surface area contributed by atoms with Crippen molar-refractivity contribution in [3.8, 4) is 5.69 Å². The Morgan fingerprint density at radius 2 is 1.78 bits per heavy atom. The van der Waals surface area contributed by atoms with Crippen LogP contribution < -0.4 is 0 Å². The first-order valence-electron chi connectivity index (χ1n) is 11.6. The van der Waals surface area contributed by atoms with Crippen LogP contribution in [0.3, 0.4) is 0 Å². The van der Waals surface area contributed by atoms with Crippen molar-refractivity contribution in [3.63, 3.8) is 0 Å². The van der Waals surface area contributed by atoms with Gasteiger partial charge in [-0.05, 0) is 56.7 Å². The van der Waals surface area contributed by atoms with Gasteiger partial charge in [-0.3, -0.25) is 9.59 Å². The third kappa shape index (κ3) is 3.94. The fourth-order valence-corrected chi connectivity index (χ4v) is 6.18. The second-order valence-corrected chi connectivity index (χ2v) is 10.3. The number of para-hydroxylation sites is 1. The number of thiophene rings is 1. The number of fused-ring (bicyclic) bond motifs is 1. The number of aryl methyl sites for hydroxylation is 1. The number of hydrogen-bond donors (Lipinski definition) is 0. The third-order valence-electron chi connectivity index (χ3n) is 6.86. The van der Waals surface area contributed by atoms with Gasteiger partial charge in [-0.1, -0.05) is 25.1 Å². The summed E-state index contributed by atoms with van der Waals surface area (Å²) < 4.78 is 1.93. The lowest BCUT2D eigenvalue weighted by Gasteiger charge is -2.37. The van der Waals surface area contributed by atoms with Gasteiger partial charge in [-0.2, -0.15) is 5.10 Å². The van der Waals surface area contributed by atoms with E-state index in [2.05, 4.69) is 16.9 Å². The van der Waals surface area contributed by atoms with E-state index in [4.69, 9.17) is 0 Å². The Morgan fingerprint density at radius 3 is 2.50 bits per heavy atom. The molecular formula is C25H30N4O2S. The number of nitrogens with zero attached hydrogens (tertiary/aromatic N) is 4. The molecule has 7 heteroatoms. The lowest BCUT2D eigenvalue weighted by Crippen LogP contribution is -2.46. The highest BCUT2D eigenvalue weighted by molar-refractivity contribution is 7.20. The molecule has 32 heavy (non-hydrogen) atoms. The summed E-state index contributed by atoms with van der Waals surface area (Å²) in [5, 5.41) is 5.71. The van der Waals surface area contributed by atoms with E-state index in [0.717, 1.165) is 58.8 Å². The second-order valence-electron chi connectivity index (χ2n) is 9.26. The first-order chi connectivity index (χ1) is 15.5. The van der Waals surface area contributed by atoms with E-state index < -0.39 is 0 Å². The topological polar surface area (TPSA) is 58.4 Å². The molecule has 3 aromatic rings. The molecule has 0 N–H and O–H groups in total. The highest BCUT2D eigenvalue weighted by Crippen LogP contribution is 2.32. The number of aromatic nitrogens is 2. The SMILES string of the molecule is Cc1nn(-c2ccccc2)c2sc(C(=O)N3CCC(C(=O)N4CCCC(C)C4)CC3)cc12. The highest BCUT2D eigenvalue weighted by atomic mass is 32.1. The summed E-state index contributed by atoms with van der Waals surface area (Å²) in [5.41, 5.74) is 1.93. The average molecular weight is 451 g/mol. The maximum Gasteiger partial charge on any atom is 0.264 e. The van der Waals surface area contributed by atoms with E-state index in [0.29, 0.717) is 24.9 Å². The predicted octanol–water partition coefficient (Wildman–Crippen LogP) is 4.51. The summed E-state index contributed by atoms with van der Waals surface area (Å²) >= 11 is 1.51. The van der Waals surface area contributed by atoms with Crippen LogP contribution in [0.15, 0.2) is 36.4 Å². The van der Waals surface area contributed by atoms with Crippen LogP contribution >= 0.6 is 11.3 Å². The van der Waals surface area contributed by atoms with Crippen molar-refractivity contribution in [3.05, 3.63) is 47.0 Å². The summed E-state index contributed by atoms with van der Waals surface area (Å²) in [4.78, 5) is 31.9. The minimum absolute atomic E-state index is 0.0561. The van der Waals surface area contributed by atoms with Gasteiger partial charge in [0.2, 0.25) is 5.91 Å². The normalized spacial score (nSPS) is 20.1. The van der Waals surface area contributed by atoms with E-state index in [1.54, 1.807) is 0 Å². The zero-order chi connectivity index (χ0) is 22.2. The highest BCUT2D eigenvalue weighted by Gasteiger charge is 2.32. The molecule has 2 aliphatic rings. The summed E-state index contributed by atoms with van der Waals surface area (Å²) in [7, 11) is 0. The molecular weight excluding hydrogens is 420 g/mol. The molecule has 1 unspecified atom stereocenters. The Morgan fingerprint density at radius 1 is 1.03 bits per heavy atom. The second kappa shape index (κ2) is 8.70. The average Bonchev–Trinajstić information content (AvgIpc) is 3.39. The lowest BCUT2D eigenvalue weighted by atomic mass is 9.92. The van der Waals surface area contributed by atoms with Crippen LogP contribution in [0.1, 0.15) is 48.0 Å². The minimum Gasteiger partial charge on any atom is -0.342 e. The van der Waals surface area contributed by atoms with Crippen LogP contribution in [-0.2, 0) is 4.79 Å². The molecule has 1 atom stereocenters. The van der Waals surface area contributed by atoms with Crippen molar-refractivity contribution < 1.29 is 9.59 Å². The Hall–Kier alpha value is -2.67. The molecule has 6 nitrogen and oxygen atoms in total. The molecule has 2 amide bonds. The van der Waals surface area contributed by atoms with Gasteiger partial charge in [0.15, 0.2) is 0 Å². The summed E-state index contributed by atoms with van der Waals surface area (Å²) in [6.07, 6.45) is 3.84. The monoisotopic (exact) mass is 450 g/mol.